The van der Waals surface area contributed by atoms with E-state index in [2.05, 4.69) is 24.3 Å². The van der Waals surface area contributed by atoms with Crippen molar-refractivity contribution in [2.45, 2.75) is 36.5 Å². The highest BCUT2D eigenvalue weighted by atomic mass is 32.2. The topological polar surface area (TPSA) is 67.2 Å². The molecule has 2 rings (SSSR count). The Morgan fingerprint density at radius 2 is 2.24 bits per heavy atom. The molecule has 1 saturated heterocycles. The number of nitrogens with one attached hydrogen (secondary N) is 1. The molecule has 8 heteroatoms. The van der Waals surface area contributed by atoms with Crippen molar-refractivity contribution in [1.29, 1.82) is 0 Å². The third-order valence-electron chi connectivity index (χ3n) is 3.45. The largest absolute Gasteiger partial charge is 0.320 e. The standard InChI is InChI=1S/C13H24N4O2S2/c1-13(2)11-17(7-8-20-13)21(18,19)12-9-15-16(10-12)6-4-5-14-3/h9-10,14H,4-8,11H2,1-3H3. The van der Waals surface area contributed by atoms with Crippen LogP contribution >= 0.6 is 11.8 Å². The molecule has 0 bridgehead atoms. The fourth-order valence-electron chi connectivity index (χ4n) is 2.35. The van der Waals surface area contributed by atoms with Crippen molar-refractivity contribution in [3.05, 3.63) is 12.4 Å². The lowest BCUT2D eigenvalue weighted by Gasteiger charge is -2.36. The Hall–Kier alpha value is -0.570. The molecule has 2 heterocycles. The second-order valence-corrected chi connectivity index (χ2v) is 9.58. The fourth-order valence-corrected chi connectivity index (χ4v) is 5.21. The second-order valence-electron chi connectivity index (χ2n) is 5.84. The SMILES string of the molecule is CNCCCn1cc(S(=O)(=O)N2CCSC(C)(C)C2)cn1. The summed E-state index contributed by atoms with van der Waals surface area (Å²) in [5.74, 6) is 0.836. The summed E-state index contributed by atoms with van der Waals surface area (Å²) in [6, 6.07) is 0. The van der Waals surface area contributed by atoms with E-state index in [4.69, 9.17) is 0 Å². The van der Waals surface area contributed by atoms with Gasteiger partial charge in [-0.3, -0.25) is 4.68 Å². The van der Waals surface area contributed by atoms with E-state index < -0.39 is 10.0 Å². The molecule has 0 saturated carbocycles. The van der Waals surface area contributed by atoms with Gasteiger partial charge in [-0.05, 0) is 33.9 Å². The summed E-state index contributed by atoms with van der Waals surface area (Å²) in [4.78, 5) is 0.301. The van der Waals surface area contributed by atoms with Crippen molar-refractivity contribution in [2.75, 3.05) is 32.4 Å². The van der Waals surface area contributed by atoms with Crippen LogP contribution in [0.1, 0.15) is 20.3 Å². The summed E-state index contributed by atoms with van der Waals surface area (Å²) in [6.45, 7) is 6.89. The maximum atomic E-state index is 12.7. The monoisotopic (exact) mass is 332 g/mol. The average Bonchev–Trinajstić information content (AvgIpc) is 2.87. The Bertz CT molecular complexity index is 568. The van der Waals surface area contributed by atoms with Gasteiger partial charge < -0.3 is 5.32 Å². The number of aromatic nitrogens is 2. The summed E-state index contributed by atoms with van der Waals surface area (Å²) >= 11 is 1.82. The maximum absolute atomic E-state index is 12.7. The van der Waals surface area contributed by atoms with Crippen molar-refractivity contribution >= 4 is 21.8 Å². The minimum absolute atomic E-state index is 0.0336. The van der Waals surface area contributed by atoms with E-state index in [9.17, 15) is 8.42 Å². The summed E-state index contributed by atoms with van der Waals surface area (Å²) in [5, 5.41) is 7.23. The highest BCUT2D eigenvalue weighted by Gasteiger charge is 2.35. The van der Waals surface area contributed by atoms with E-state index in [1.165, 1.54) is 6.20 Å². The first kappa shape index (κ1) is 16.8. The number of thioether (sulfide) groups is 1. The van der Waals surface area contributed by atoms with Crippen LogP contribution < -0.4 is 5.32 Å². The Labute approximate surface area is 131 Å². The summed E-state index contributed by atoms with van der Waals surface area (Å²) in [5.41, 5.74) is 0. The smallest absolute Gasteiger partial charge is 0.246 e. The van der Waals surface area contributed by atoms with Gasteiger partial charge in [-0.25, -0.2) is 8.42 Å². The molecule has 0 unspecified atom stereocenters. The first-order valence-electron chi connectivity index (χ1n) is 7.16. The Kier molecular flexibility index (Phi) is 5.34. The molecule has 21 heavy (non-hydrogen) atoms. The molecule has 0 atom stereocenters. The van der Waals surface area contributed by atoms with E-state index >= 15 is 0 Å². The lowest BCUT2D eigenvalue weighted by Crippen LogP contribution is -2.45. The van der Waals surface area contributed by atoms with Gasteiger partial charge in [-0.15, -0.1) is 0 Å². The van der Waals surface area contributed by atoms with Crippen LogP contribution in [-0.4, -0.2) is 59.7 Å². The number of nitrogens with zero attached hydrogens (tertiary/aromatic N) is 3. The van der Waals surface area contributed by atoms with E-state index in [0.29, 0.717) is 18.0 Å². The molecule has 1 fully saturated rings. The third-order valence-corrected chi connectivity index (χ3v) is 6.55. The zero-order chi connectivity index (χ0) is 15.5. The summed E-state index contributed by atoms with van der Waals surface area (Å²) in [7, 11) is -1.52. The number of hydrogen-bond donors (Lipinski definition) is 1. The molecule has 0 amide bonds. The molecule has 1 aliphatic heterocycles. The molecule has 120 valence electrons. The molecule has 0 aliphatic carbocycles. The van der Waals surface area contributed by atoms with Gasteiger partial charge in [0.05, 0.1) is 6.20 Å². The van der Waals surface area contributed by atoms with Crippen LogP contribution in [0, 0.1) is 0 Å². The summed E-state index contributed by atoms with van der Waals surface area (Å²) in [6.07, 6.45) is 4.02. The molecule has 1 N–H and O–H groups in total. The Morgan fingerprint density at radius 1 is 1.48 bits per heavy atom. The molecule has 6 nitrogen and oxygen atoms in total. The second kappa shape index (κ2) is 6.68. The number of aryl methyl sites for hydroxylation is 1. The number of hydrogen-bond acceptors (Lipinski definition) is 5. The molecule has 1 aromatic heterocycles. The van der Waals surface area contributed by atoms with Gasteiger partial charge >= 0.3 is 0 Å². The van der Waals surface area contributed by atoms with Crippen molar-refractivity contribution in [1.82, 2.24) is 19.4 Å². The molecule has 1 aromatic rings. The lowest BCUT2D eigenvalue weighted by molar-refractivity contribution is 0.387. The Morgan fingerprint density at radius 3 is 2.90 bits per heavy atom. The van der Waals surface area contributed by atoms with E-state index in [-0.39, 0.29) is 4.75 Å². The fraction of sp³-hybridized carbons (Fsp3) is 0.769. The molecular weight excluding hydrogens is 308 g/mol. The minimum Gasteiger partial charge on any atom is -0.320 e. The highest BCUT2D eigenvalue weighted by Crippen LogP contribution is 2.32. The van der Waals surface area contributed by atoms with Crippen molar-refractivity contribution in [3.63, 3.8) is 0 Å². The zero-order valence-electron chi connectivity index (χ0n) is 12.9. The van der Waals surface area contributed by atoms with E-state index in [1.807, 2.05) is 18.8 Å². The van der Waals surface area contributed by atoms with Crippen LogP contribution in [0.2, 0.25) is 0 Å². The van der Waals surface area contributed by atoms with Gasteiger partial charge in [0.2, 0.25) is 10.0 Å². The van der Waals surface area contributed by atoms with Crippen LogP contribution in [-0.2, 0) is 16.6 Å². The minimum atomic E-state index is -3.42. The van der Waals surface area contributed by atoms with Crippen molar-refractivity contribution in [2.24, 2.45) is 0 Å². The normalized spacial score (nSPS) is 19.8. The number of rotatable bonds is 6. The third kappa shape index (κ3) is 4.21. The maximum Gasteiger partial charge on any atom is 0.246 e. The van der Waals surface area contributed by atoms with Crippen LogP contribution in [0.5, 0.6) is 0 Å². The zero-order valence-corrected chi connectivity index (χ0v) is 14.5. The first-order chi connectivity index (χ1) is 9.85. The van der Waals surface area contributed by atoms with E-state index in [1.54, 1.807) is 15.2 Å². The lowest BCUT2D eigenvalue weighted by atomic mass is 10.2. The summed E-state index contributed by atoms with van der Waals surface area (Å²) < 4.78 is 28.6. The molecule has 0 radical (unpaired) electrons. The van der Waals surface area contributed by atoms with Crippen LogP contribution in [0.3, 0.4) is 0 Å². The van der Waals surface area contributed by atoms with Crippen LogP contribution in [0.15, 0.2) is 17.3 Å². The molecule has 0 aromatic carbocycles. The van der Waals surface area contributed by atoms with Crippen LogP contribution in [0.4, 0.5) is 0 Å². The highest BCUT2D eigenvalue weighted by molar-refractivity contribution is 8.00. The molecule has 0 spiro atoms. The van der Waals surface area contributed by atoms with Gasteiger partial charge in [0.25, 0.3) is 0 Å². The molecule has 1 aliphatic rings. The van der Waals surface area contributed by atoms with E-state index in [0.717, 1.165) is 25.3 Å². The quantitative estimate of drug-likeness (QED) is 0.788. The van der Waals surface area contributed by atoms with Crippen LogP contribution in [0.25, 0.3) is 0 Å². The number of sulfonamides is 1. The van der Waals surface area contributed by atoms with Gasteiger partial charge in [0.1, 0.15) is 4.90 Å². The van der Waals surface area contributed by atoms with Gasteiger partial charge in [0.15, 0.2) is 0 Å². The average molecular weight is 332 g/mol. The van der Waals surface area contributed by atoms with Crippen molar-refractivity contribution < 1.29 is 8.42 Å². The predicted octanol–water partition coefficient (Wildman–Crippen LogP) is 1.01. The van der Waals surface area contributed by atoms with Gasteiger partial charge in [0, 0.05) is 36.3 Å². The molecular formula is C13H24N4O2S2. The van der Waals surface area contributed by atoms with Crippen molar-refractivity contribution in [3.8, 4) is 0 Å². The van der Waals surface area contributed by atoms with Gasteiger partial charge in [-0.2, -0.15) is 21.2 Å². The predicted molar refractivity (Wildman–Crippen MR) is 86.1 cm³/mol. The Balaban J connectivity index is 2.09. The first-order valence-corrected chi connectivity index (χ1v) is 9.59. The van der Waals surface area contributed by atoms with Gasteiger partial charge in [-0.1, -0.05) is 0 Å².